The van der Waals surface area contributed by atoms with Gasteiger partial charge in [0.1, 0.15) is 0 Å². The summed E-state index contributed by atoms with van der Waals surface area (Å²) in [5, 5.41) is 10.0. The molecule has 2 saturated carbocycles. The molecule has 0 aromatic heterocycles. The highest BCUT2D eigenvalue weighted by atomic mass is 16.3. The van der Waals surface area contributed by atoms with Gasteiger partial charge >= 0.3 is 0 Å². The summed E-state index contributed by atoms with van der Waals surface area (Å²) in [5.74, 6) is 2.50. The Morgan fingerprint density at radius 2 is 1.57 bits per heavy atom. The zero-order valence-electron chi connectivity index (χ0n) is 9.63. The van der Waals surface area contributed by atoms with Crippen molar-refractivity contribution in [3.05, 3.63) is 0 Å². The van der Waals surface area contributed by atoms with E-state index >= 15 is 0 Å². The van der Waals surface area contributed by atoms with Gasteiger partial charge in [-0.15, -0.1) is 0 Å². The summed E-state index contributed by atoms with van der Waals surface area (Å²) in [6.07, 6.45) is 9.69. The van der Waals surface area contributed by atoms with E-state index in [2.05, 4.69) is 0 Å². The predicted octanol–water partition coefficient (Wildman–Crippen LogP) is 3.36. The van der Waals surface area contributed by atoms with Gasteiger partial charge in [-0.25, -0.2) is 0 Å². The van der Waals surface area contributed by atoms with Crippen LogP contribution in [0.3, 0.4) is 0 Å². The smallest absolute Gasteiger partial charge is 0.0619 e. The molecule has 0 aromatic carbocycles. The minimum Gasteiger partial charge on any atom is -0.390 e. The van der Waals surface area contributed by atoms with Crippen molar-refractivity contribution in [2.45, 2.75) is 64.4 Å². The number of aliphatic hydroxyl groups is 1. The third kappa shape index (κ3) is 2.13. The molecule has 14 heavy (non-hydrogen) atoms. The van der Waals surface area contributed by atoms with Gasteiger partial charge in [0.15, 0.2) is 0 Å². The van der Waals surface area contributed by atoms with E-state index in [9.17, 15) is 5.11 Å². The molecule has 3 atom stereocenters. The Hall–Kier alpha value is -0.0400. The molecule has 0 bridgehead atoms. The highest BCUT2D eigenvalue weighted by molar-refractivity contribution is 4.88. The Labute approximate surface area is 87.9 Å². The van der Waals surface area contributed by atoms with Crippen molar-refractivity contribution in [2.75, 3.05) is 0 Å². The molecule has 2 rings (SSSR count). The number of fused-ring (bicyclic) bond motifs is 1. The quantitative estimate of drug-likeness (QED) is 0.682. The molecular weight excluding hydrogens is 172 g/mol. The Bertz CT molecular complexity index is 192. The zero-order valence-corrected chi connectivity index (χ0v) is 9.63. The molecule has 3 unspecified atom stereocenters. The third-order valence-corrected chi connectivity index (χ3v) is 4.54. The molecule has 2 fully saturated rings. The molecule has 2 aliphatic carbocycles. The van der Waals surface area contributed by atoms with Crippen LogP contribution in [-0.4, -0.2) is 10.7 Å². The van der Waals surface area contributed by atoms with Crippen LogP contribution in [-0.2, 0) is 0 Å². The maximum absolute atomic E-state index is 10.0. The van der Waals surface area contributed by atoms with Crippen molar-refractivity contribution in [2.24, 2.45) is 17.8 Å². The average Bonchev–Trinajstić information content (AvgIpc) is 2.16. The van der Waals surface area contributed by atoms with Crippen molar-refractivity contribution in [3.8, 4) is 0 Å². The number of hydrogen-bond donors (Lipinski definition) is 1. The third-order valence-electron chi connectivity index (χ3n) is 4.54. The largest absolute Gasteiger partial charge is 0.390 e. The van der Waals surface area contributed by atoms with Crippen LogP contribution < -0.4 is 0 Å². The second-order valence-corrected chi connectivity index (χ2v) is 5.97. The minimum absolute atomic E-state index is 0.442. The van der Waals surface area contributed by atoms with Crippen molar-refractivity contribution >= 4 is 0 Å². The van der Waals surface area contributed by atoms with Crippen LogP contribution in [0.4, 0.5) is 0 Å². The minimum atomic E-state index is -0.442. The van der Waals surface area contributed by atoms with Crippen LogP contribution in [0.25, 0.3) is 0 Å². The molecule has 0 heterocycles. The van der Waals surface area contributed by atoms with Gasteiger partial charge in [0.05, 0.1) is 5.60 Å². The van der Waals surface area contributed by atoms with E-state index < -0.39 is 5.60 Å². The normalized spacial score (nSPS) is 39.2. The summed E-state index contributed by atoms with van der Waals surface area (Å²) in [7, 11) is 0. The summed E-state index contributed by atoms with van der Waals surface area (Å²) in [6.45, 7) is 3.97. The Morgan fingerprint density at radius 3 is 2.21 bits per heavy atom. The fraction of sp³-hybridized carbons (Fsp3) is 1.00. The first kappa shape index (κ1) is 10.5. The number of rotatable bonds is 1. The van der Waals surface area contributed by atoms with E-state index in [0.29, 0.717) is 5.92 Å². The van der Waals surface area contributed by atoms with Crippen LogP contribution in [0.5, 0.6) is 0 Å². The predicted molar refractivity (Wildman–Crippen MR) is 59.1 cm³/mol. The molecular formula is C13H24O. The molecule has 0 radical (unpaired) electrons. The molecule has 0 saturated heterocycles. The molecule has 1 N–H and O–H groups in total. The van der Waals surface area contributed by atoms with Gasteiger partial charge in [-0.2, -0.15) is 0 Å². The summed E-state index contributed by atoms with van der Waals surface area (Å²) >= 11 is 0. The lowest BCUT2D eigenvalue weighted by molar-refractivity contribution is -0.0273. The van der Waals surface area contributed by atoms with Crippen molar-refractivity contribution in [1.29, 1.82) is 0 Å². The fourth-order valence-electron chi connectivity index (χ4n) is 3.51. The summed E-state index contributed by atoms with van der Waals surface area (Å²) in [6, 6.07) is 0. The van der Waals surface area contributed by atoms with Gasteiger partial charge in [-0.1, -0.05) is 25.7 Å². The molecule has 0 amide bonds. The first-order valence-electron chi connectivity index (χ1n) is 6.30. The average molecular weight is 196 g/mol. The van der Waals surface area contributed by atoms with Crippen molar-refractivity contribution in [3.63, 3.8) is 0 Å². The van der Waals surface area contributed by atoms with Crippen LogP contribution in [0, 0.1) is 17.8 Å². The van der Waals surface area contributed by atoms with Gasteiger partial charge in [-0.3, -0.25) is 0 Å². The van der Waals surface area contributed by atoms with E-state index in [0.717, 1.165) is 11.8 Å². The van der Waals surface area contributed by atoms with Gasteiger partial charge in [0.2, 0.25) is 0 Å². The Morgan fingerprint density at radius 1 is 0.929 bits per heavy atom. The van der Waals surface area contributed by atoms with E-state index in [1.807, 2.05) is 13.8 Å². The maximum atomic E-state index is 10.0. The summed E-state index contributed by atoms with van der Waals surface area (Å²) < 4.78 is 0. The first-order chi connectivity index (χ1) is 6.57. The Kier molecular flexibility index (Phi) is 2.88. The second kappa shape index (κ2) is 3.84. The summed E-state index contributed by atoms with van der Waals surface area (Å²) in [4.78, 5) is 0. The van der Waals surface area contributed by atoms with Crippen molar-refractivity contribution < 1.29 is 5.11 Å². The van der Waals surface area contributed by atoms with Crippen molar-refractivity contribution in [1.82, 2.24) is 0 Å². The molecule has 1 nitrogen and oxygen atoms in total. The molecule has 1 heteroatoms. The lowest BCUT2D eigenvalue weighted by atomic mass is 9.64. The highest BCUT2D eigenvalue weighted by Crippen LogP contribution is 2.45. The highest BCUT2D eigenvalue weighted by Gasteiger charge is 2.37. The molecule has 0 aliphatic heterocycles. The molecule has 0 spiro atoms. The standard InChI is InChI=1S/C13H24O/c1-13(2,14)12-8-7-10-5-3-4-6-11(10)9-12/h10-12,14H,3-9H2,1-2H3. The van der Waals surface area contributed by atoms with Gasteiger partial charge in [0, 0.05) is 0 Å². The monoisotopic (exact) mass is 196 g/mol. The zero-order chi connectivity index (χ0) is 10.2. The van der Waals surface area contributed by atoms with Crippen LogP contribution >= 0.6 is 0 Å². The topological polar surface area (TPSA) is 20.2 Å². The molecule has 0 aromatic rings. The van der Waals surface area contributed by atoms with Crippen LogP contribution in [0.15, 0.2) is 0 Å². The lowest BCUT2D eigenvalue weighted by Crippen LogP contribution is -2.38. The summed E-state index contributed by atoms with van der Waals surface area (Å²) in [5.41, 5.74) is -0.442. The van der Waals surface area contributed by atoms with E-state index in [4.69, 9.17) is 0 Å². The maximum Gasteiger partial charge on any atom is 0.0619 e. The fourth-order valence-corrected chi connectivity index (χ4v) is 3.51. The van der Waals surface area contributed by atoms with Crippen LogP contribution in [0.1, 0.15) is 58.8 Å². The van der Waals surface area contributed by atoms with E-state index in [1.165, 1.54) is 44.9 Å². The van der Waals surface area contributed by atoms with Gasteiger partial charge in [-0.05, 0) is 50.9 Å². The Balaban J connectivity index is 1.96. The lowest BCUT2D eigenvalue weighted by Gasteiger charge is -2.43. The second-order valence-electron chi connectivity index (χ2n) is 5.97. The molecule has 2 aliphatic rings. The first-order valence-corrected chi connectivity index (χ1v) is 6.30. The van der Waals surface area contributed by atoms with Gasteiger partial charge < -0.3 is 5.11 Å². The van der Waals surface area contributed by atoms with E-state index in [1.54, 1.807) is 0 Å². The van der Waals surface area contributed by atoms with Crippen LogP contribution in [0.2, 0.25) is 0 Å². The molecule has 82 valence electrons. The van der Waals surface area contributed by atoms with E-state index in [-0.39, 0.29) is 0 Å². The number of hydrogen-bond acceptors (Lipinski definition) is 1. The van der Waals surface area contributed by atoms with Gasteiger partial charge in [0.25, 0.3) is 0 Å². The SMILES string of the molecule is CC(C)(O)C1CCC2CCCCC2C1.